The summed E-state index contributed by atoms with van der Waals surface area (Å²) >= 11 is 0. The van der Waals surface area contributed by atoms with Crippen molar-refractivity contribution in [2.24, 2.45) is 0 Å². The third kappa shape index (κ3) is 3.21. The molecule has 2 aliphatic carbocycles. The maximum absolute atomic E-state index is 12.8. The van der Waals surface area contributed by atoms with Gasteiger partial charge in [0.1, 0.15) is 0 Å². The first-order chi connectivity index (χ1) is 12.1. The van der Waals surface area contributed by atoms with Gasteiger partial charge in [0.05, 0.1) is 11.8 Å². The number of rotatable bonds is 3. The molecule has 4 rings (SSSR count). The van der Waals surface area contributed by atoms with E-state index in [0.717, 1.165) is 56.2 Å². The lowest BCUT2D eigenvalue weighted by molar-refractivity contribution is 0.0862. The van der Waals surface area contributed by atoms with E-state index in [0.29, 0.717) is 5.69 Å². The van der Waals surface area contributed by atoms with E-state index in [2.05, 4.69) is 41.6 Å². The predicted molar refractivity (Wildman–Crippen MR) is 96.1 cm³/mol. The van der Waals surface area contributed by atoms with Crippen LogP contribution >= 0.6 is 0 Å². The van der Waals surface area contributed by atoms with Crippen LogP contribution in [-0.4, -0.2) is 32.9 Å². The summed E-state index contributed by atoms with van der Waals surface area (Å²) in [5.41, 5.74) is 5.09. The fourth-order valence-corrected chi connectivity index (χ4v) is 3.99. The number of aliphatic hydroxyl groups excluding tert-OH is 1. The van der Waals surface area contributed by atoms with Crippen LogP contribution in [0.25, 0.3) is 5.69 Å². The molecule has 1 saturated carbocycles. The van der Waals surface area contributed by atoms with Crippen molar-refractivity contribution in [2.45, 2.75) is 64.0 Å². The molecule has 1 aromatic carbocycles. The van der Waals surface area contributed by atoms with Gasteiger partial charge in [-0.25, -0.2) is 4.68 Å². The summed E-state index contributed by atoms with van der Waals surface area (Å²) in [6.07, 6.45) is 5.98. The quantitative estimate of drug-likeness (QED) is 0.903. The van der Waals surface area contributed by atoms with Crippen molar-refractivity contribution < 1.29 is 9.90 Å². The van der Waals surface area contributed by atoms with Gasteiger partial charge in [0.2, 0.25) is 0 Å². The monoisotopic (exact) mass is 339 g/mol. The summed E-state index contributed by atoms with van der Waals surface area (Å²) < 4.78 is 1.95. The molecule has 25 heavy (non-hydrogen) atoms. The SMILES string of the molecule is Cc1ccc(-n2nc(C(=O)NC3CCC(O)CC3)c3c2CCC3)cc1. The molecule has 132 valence electrons. The Hall–Kier alpha value is -2.14. The van der Waals surface area contributed by atoms with E-state index in [1.54, 1.807) is 0 Å². The summed E-state index contributed by atoms with van der Waals surface area (Å²) in [6.45, 7) is 2.07. The van der Waals surface area contributed by atoms with Gasteiger partial charge in [-0.2, -0.15) is 5.10 Å². The Morgan fingerprint density at radius 3 is 2.60 bits per heavy atom. The topological polar surface area (TPSA) is 67.2 Å². The number of aliphatic hydroxyl groups is 1. The highest BCUT2D eigenvalue weighted by molar-refractivity contribution is 5.94. The number of amides is 1. The first-order valence-corrected chi connectivity index (χ1v) is 9.28. The number of hydrogen-bond donors (Lipinski definition) is 2. The maximum atomic E-state index is 12.8. The minimum Gasteiger partial charge on any atom is -0.393 e. The molecular formula is C20H25N3O2. The van der Waals surface area contributed by atoms with Gasteiger partial charge in [-0.1, -0.05) is 17.7 Å². The Morgan fingerprint density at radius 1 is 1.16 bits per heavy atom. The lowest BCUT2D eigenvalue weighted by atomic mass is 9.93. The second kappa shape index (κ2) is 6.64. The molecule has 1 heterocycles. The molecule has 0 atom stereocenters. The average Bonchev–Trinajstić information content (AvgIpc) is 3.20. The van der Waals surface area contributed by atoms with E-state index in [-0.39, 0.29) is 18.1 Å². The number of fused-ring (bicyclic) bond motifs is 1. The second-order valence-corrected chi connectivity index (χ2v) is 7.35. The number of hydrogen-bond acceptors (Lipinski definition) is 3. The molecule has 2 aliphatic rings. The molecular weight excluding hydrogens is 314 g/mol. The summed E-state index contributed by atoms with van der Waals surface area (Å²) in [4.78, 5) is 12.8. The van der Waals surface area contributed by atoms with Crippen LogP contribution in [0, 0.1) is 6.92 Å². The summed E-state index contributed by atoms with van der Waals surface area (Å²) in [6, 6.07) is 8.42. The Balaban J connectivity index is 1.59. The molecule has 0 bridgehead atoms. The van der Waals surface area contributed by atoms with Crippen LogP contribution in [0.15, 0.2) is 24.3 Å². The number of nitrogens with one attached hydrogen (secondary N) is 1. The number of aromatic nitrogens is 2. The second-order valence-electron chi connectivity index (χ2n) is 7.35. The van der Waals surface area contributed by atoms with E-state index in [9.17, 15) is 9.90 Å². The van der Waals surface area contributed by atoms with Crippen molar-refractivity contribution in [2.75, 3.05) is 0 Å². The van der Waals surface area contributed by atoms with E-state index >= 15 is 0 Å². The number of benzene rings is 1. The van der Waals surface area contributed by atoms with E-state index in [1.165, 1.54) is 11.3 Å². The molecule has 2 N–H and O–H groups in total. The summed E-state index contributed by atoms with van der Waals surface area (Å²) in [5.74, 6) is -0.0644. The van der Waals surface area contributed by atoms with E-state index < -0.39 is 0 Å². The highest BCUT2D eigenvalue weighted by atomic mass is 16.3. The Bertz CT molecular complexity index is 771. The molecule has 5 heteroatoms. The standard InChI is InChI=1S/C20H25N3O2/c1-13-5-9-15(10-6-13)23-18-4-2-3-17(18)19(22-23)20(25)21-14-7-11-16(24)12-8-14/h5-6,9-10,14,16,24H,2-4,7-8,11-12H2,1H3,(H,21,25). The molecule has 1 fully saturated rings. The third-order valence-corrected chi connectivity index (χ3v) is 5.46. The molecule has 1 amide bonds. The molecule has 0 aliphatic heterocycles. The van der Waals surface area contributed by atoms with Gasteiger partial charge in [0, 0.05) is 17.3 Å². The summed E-state index contributed by atoms with van der Waals surface area (Å²) in [7, 11) is 0. The smallest absolute Gasteiger partial charge is 0.272 e. The predicted octanol–water partition coefficient (Wildman–Crippen LogP) is 2.70. The van der Waals surface area contributed by atoms with Crippen molar-refractivity contribution >= 4 is 5.91 Å². The molecule has 1 aromatic heterocycles. The molecule has 2 aromatic rings. The Kier molecular flexibility index (Phi) is 4.34. The first-order valence-electron chi connectivity index (χ1n) is 9.28. The minimum absolute atomic E-state index is 0.0644. The maximum Gasteiger partial charge on any atom is 0.272 e. The summed E-state index contributed by atoms with van der Waals surface area (Å²) in [5, 5.41) is 17.4. The largest absolute Gasteiger partial charge is 0.393 e. The van der Waals surface area contributed by atoms with E-state index in [4.69, 9.17) is 0 Å². The number of carbonyl (C=O) groups excluding carboxylic acids is 1. The van der Waals surface area contributed by atoms with Crippen molar-refractivity contribution in [3.63, 3.8) is 0 Å². The zero-order valence-corrected chi connectivity index (χ0v) is 14.7. The minimum atomic E-state index is -0.210. The van der Waals surface area contributed by atoms with Gasteiger partial charge in [0.15, 0.2) is 5.69 Å². The van der Waals surface area contributed by atoms with Gasteiger partial charge in [-0.15, -0.1) is 0 Å². The van der Waals surface area contributed by atoms with Gasteiger partial charge >= 0.3 is 0 Å². The zero-order valence-electron chi connectivity index (χ0n) is 14.7. The van der Waals surface area contributed by atoms with Crippen LogP contribution < -0.4 is 5.32 Å². The lowest BCUT2D eigenvalue weighted by Gasteiger charge is -2.25. The number of nitrogens with zero attached hydrogens (tertiary/aromatic N) is 2. The van der Waals surface area contributed by atoms with Crippen LogP contribution in [0.1, 0.15) is 59.4 Å². The van der Waals surface area contributed by atoms with Crippen molar-refractivity contribution in [3.05, 3.63) is 46.8 Å². The lowest BCUT2D eigenvalue weighted by Crippen LogP contribution is -2.39. The fraction of sp³-hybridized carbons (Fsp3) is 0.500. The highest BCUT2D eigenvalue weighted by Crippen LogP contribution is 2.28. The molecule has 5 nitrogen and oxygen atoms in total. The molecule has 0 radical (unpaired) electrons. The fourth-order valence-electron chi connectivity index (χ4n) is 3.99. The number of carbonyl (C=O) groups is 1. The van der Waals surface area contributed by atoms with Gasteiger partial charge in [-0.05, 0) is 64.0 Å². The molecule has 0 saturated heterocycles. The zero-order chi connectivity index (χ0) is 17.4. The van der Waals surface area contributed by atoms with Crippen molar-refractivity contribution in [1.82, 2.24) is 15.1 Å². The van der Waals surface area contributed by atoms with Gasteiger partial charge in [-0.3, -0.25) is 4.79 Å². The highest BCUT2D eigenvalue weighted by Gasteiger charge is 2.29. The van der Waals surface area contributed by atoms with Crippen LogP contribution in [0.5, 0.6) is 0 Å². The van der Waals surface area contributed by atoms with Gasteiger partial charge < -0.3 is 10.4 Å². The first kappa shape index (κ1) is 16.3. The molecule has 0 spiro atoms. The Labute approximate surface area is 148 Å². The average molecular weight is 339 g/mol. The van der Waals surface area contributed by atoms with Crippen LogP contribution in [-0.2, 0) is 12.8 Å². The normalized spacial score (nSPS) is 22.6. The van der Waals surface area contributed by atoms with Crippen LogP contribution in [0.2, 0.25) is 0 Å². The van der Waals surface area contributed by atoms with Crippen LogP contribution in [0.4, 0.5) is 0 Å². The number of aryl methyl sites for hydroxylation is 1. The van der Waals surface area contributed by atoms with Crippen molar-refractivity contribution in [3.8, 4) is 5.69 Å². The van der Waals surface area contributed by atoms with E-state index in [1.807, 2.05) is 4.68 Å². The Morgan fingerprint density at radius 2 is 1.88 bits per heavy atom. The van der Waals surface area contributed by atoms with Crippen molar-refractivity contribution in [1.29, 1.82) is 0 Å². The molecule has 0 unspecified atom stereocenters. The van der Waals surface area contributed by atoms with Crippen LogP contribution in [0.3, 0.4) is 0 Å². The third-order valence-electron chi connectivity index (χ3n) is 5.46. The van der Waals surface area contributed by atoms with Gasteiger partial charge in [0.25, 0.3) is 5.91 Å².